The number of carbonyl (C=O) groups excluding carboxylic acids is 2. The minimum atomic E-state index is -1.01. The minimum absolute atomic E-state index is 0.0772. The van der Waals surface area contributed by atoms with E-state index in [-0.39, 0.29) is 17.7 Å². The topological polar surface area (TPSA) is 154 Å². The van der Waals surface area contributed by atoms with Crippen LogP contribution in [0.25, 0.3) is 0 Å². The van der Waals surface area contributed by atoms with Crippen LogP contribution in [0.3, 0.4) is 0 Å². The highest BCUT2D eigenvalue weighted by atomic mass is 16.6. The monoisotopic (exact) mass is 338 g/mol. The first kappa shape index (κ1) is 17.1. The van der Waals surface area contributed by atoms with Crippen molar-refractivity contribution in [2.45, 2.75) is 25.4 Å². The van der Waals surface area contributed by atoms with Gasteiger partial charge in [0.1, 0.15) is 12.1 Å². The molecule has 1 aliphatic heterocycles. The standard InChI is InChI=1S/C13H14N4O7/c1-6-12(18)15-9(13(19)14-6)4-7-3-8(16(20)21)5-10(17(22)23)11(7)24-2/h3,5-6,9H,4H2,1-2H3,(H,14,19)(H,15,18)/t6-,9-/m0/s1. The minimum Gasteiger partial charge on any atom is -0.490 e. The summed E-state index contributed by atoms with van der Waals surface area (Å²) in [6, 6.07) is 0.159. The predicted octanol–water partition coefficient (Wildman–Crippen LogP) is 0.0572. The molecular formula is C13H14N4O7. The van der Waals surface area contributed by atoms with Crippen molar-refractivity contribution in [3.05, 3.63) is 37.9 Å². The van der Waals surface area contributed by atoms with Gasteiger partial charge in [0.15, 0.2) is 0 Å². The van der Waals surface area contributed by atoms with Crippen LogP contribution in [0.5, 0.6) is 5.75 Å². The quantitative estimate of drug-likeness (QED) is 0.568. The van der Waals surface area contributed by atoms with Crippen molar-refractivity contribution < 1.29 is 24.2 Å². The second-order valence-corrected chi connectivity index (χ2v) is 5.17. The largest absolute Gasteiger partial charge is 0.490 e. The third kappa shape index (κ3) is 3.24. The van der Waals surface area contributed by atoms with Gasteiger partial charge in [-0.05, 0) is 6.92 Å². The molecule has 1 heterocycles. The van der Waals surface area contributed by atoms with Crippen LogP contribution < -0.4 is 15.4 Å². The highest BCUT2D eigenvalue weighted by Crippen LogP contribution is 2.36. The van der Waals surface area contributed by atoms with Gasteiger partial charge in [0.05, 0.1) is 23.0 Å². The van der Waals surface area contributed by atoms with E-state index in [4.69, 9.17) is 4.74 Å². The van der Waals surface area contributed by atoms with E-state index in [0.717, 1.165) is 12.1 Å². The molecule has 11 nitrogen and oxygen atoms in total. The molecule has 1 fully saturated rings. The molecule has 1 aromatic carbocycles. The average molecular weight is 338 g/mol. The van der Waals surface area contributed by atoms with E-state index in [1.54, 1.807) is 0 Å². The number of rotatable bonds is 5. The molecule has 0 unspecified atom stereocenters. The molecule has 128 valence electrons. The predicted molar refractivity (Wildman–Crippen MR) is 79.5 cm³/mol. The number of hydrogen-bond acceptors (Lipinski definition) is 7. The number of nitro groups is 2. The summed E-state index contributed by atoms with van der Waals surface area (Å²) in [6.45, 7) is 1.50. The lowest BCUT2D eigenvalue weighted by Gasteiger charge is -2.27. The van der Waals surface area contributed by atoms with E-state index in [9.17, 15) is 29.8 Å². The molecule has 0 aromatic heterocycles. The number of piperazine rings is 1. The summed E-state index contributed by atoms with van der Waals surface area (Å²) in [7, 11) is 1.18. The van der Waals surface area contributed by atoms with E-state index in [2.05, 4.69) is 10.6 Å². The van der Waals surface area contributed by atoms with E-state index in [1.165, 1.54) is 14.0 Å². The number of non-ortho nitro benzene ring substituents is 1. The lowest BCUT2D eigenvalue weighted by Crippen LogP contribution is -2.61. The van der Waals surface area contributed by atoms with Crippen LogP contribution in [0.1, 0.15) is 12.5 Å². The van der Waals surface area contributed by atoms with Gasteiger partial charge in [0, 0.05) is 18.1 Å². The van der Waals surface area contributed by atoms with Gasteiger partial charge >= 0.3 is 5.69 Å². The van der Waals surface area contributed by atoms with E-state index in [1.807, 2.05) is 0 Å². The molecule has 2 amide bonds. The molecule has 0 aliphatic carbocycles. The molecule has 24 heavy (non-hydrogen) atoms. The summed E-state index contributed by atoms with van der Waals surface area (Å²) in [5, 5.41) is 27.0. The van der Waals surface area contributed by atoms with Crippen LogP contribution in [0.2, 0.25) is 0 Å². The number of nitrogens with zero attached hydrogens (tertiary/aromatic N) is 2. The third-order valence-corrected chi connectivity index (χ3v) is 3.55. The second-order valence-electron chi connectivity index (χ2n) is 5.17. The summed E-state index contributed by atoms with van der Waals surface area (Å²) in [5.41, 5.74) is -1.01. The van der Waals surface area contributed by atoms with Crippen molar-refractivity contribution in [2.24, 2.45) is 0 Å². The van der Waals surface area contributed by atoms with E-state index < -0.39 is 45.1 Å². The lowest BCUT2D eigenvalue weighted by atomic mass is 10.00. The maximum atomic E-state index is 12.0. The molecule has 0 spiro atoms. The normalized spacial score (nSPS) is 20.1. The fourth-order valence-corrected chi connectivity index (χ4v) is 2.39. The number of benzene rings is 1. The van der Waals surface area contributed by atoms with Crippen LogP contribution in [0.15, 0.2) is 12.1 Å². The van der Waals surface area contributed by atoms with Crippen molar-refractivity contribution in [3.63, 3.8) is 0 Å². The summed E-state index contributed by atoms with van der Waals surface area (Å²) in [5.74, 6) is -1.09. The molecule has 2 rings (SSSR count). The zero-order valence-electron chi connectivity index (χ0n) is 12.8. The number of amides is 2. The van der Waals surface area contributed by atoms with Gasteiger partial charge in [-0.15, -0.1) is 0 Å². The Kier molecular flexibility index (Phi) is 4.62. The molecule has 1 aromatic rings. The molecule has 0 saturated carbocycles. The zero-order chi connectivity index (χ0) is 18.0. The lowest BCUT2D eigenvalue weighted by molar-refractivity contribution is -0.394. The summed E-state index contributed by atoms with van der Waals surface area (Å²) in [6.07, 6.45) is -0.185. The number of methoxy groups -OCH3 is 1. The highest BCUT2D eigenvalue weighted by Gasteiger charge is 2.33. The Hall–Kier alpha value is -3.24. The van der Waals surface area contributed by atoms with Crippen LogP contribution in [0, 0.1) is 20.2 Å². The third-order valence-electron chi connectivity index (χ3n) is 3.55. The summed E-state index contributed by atoms with van der Waals surface area (Å²) >= 11 is 0. The van der Waals surface area contributed by atoms with Crippen LogP contribution in [-0.4, -0.2) is 40.9 Å². The van der Waals surface area contributed by atoms with Gasteiger partial charge in [-0.2, -0.15) is 0 Å². The molecule has 0 radical (unpaired) electrons. The number of carbonyl (C=O) groups is 2. The Bertz CT molecular complexity index is 733. The van der Waals surface area contributed by atoms with Crippen molar-refractivity contribution in [2.75, 3.05) is 7.11 Å². The number of hydrogen-bond donors (Lipinski definition) is 2. The molecule has 0 bridgehead atoms. The number of ether oxygens (including phenoxy) is 1. The number of nitro benzene ring substituents is 2. The number of nitrogens with one attached hydrogen (secondary N) is 2. The first-order valence-electron chi connectivity index (χ1n) is 6.85. The molecule has 2 N–H and O–H groups in total. The van der Waals surface area contributed by atoms with Crippen molar-refractivity contribution in [1.82, 2.24) is 10.6 Å². The molecule has 11 heteroatoms. The summed E-state index contributed by atoms with van der Waals surface area (Å²) < 4.78 is 4.99. The fraction of sp³-hybridized carbons (Fsp3) is 0.385. The van der Waals surface area contributed by atoms with Gasteiger partial charge in [-0.1, -0.05) is 0 Å². The first-order valence-corrected chi connectivity index (χ1v) is 6.85. The first-order chi connectivity index (χ1) is 11.2. The van der Waals surface area contributed by atoms with Gasteiger partial charge in [-0.3, -0.25) is 29.8 Å². The Balaban J connectivity index is 2.44. The maximum absolute atomic E-state index is 12.0. The Labute approximate surface area is 135 Å². The smallest absolute Gasteiger partial charge is 0.318 e. The van der Waals surface area contributed by atoms with Crippen molar-refractivity contribution in [3.8, 4) is 5.75 Å². The van der Waals surface area contributed by atoms with Crippen molar-refractivity contribution in [1.29, 1.82) is 0 Å². The molecule has 1 aliphatic rings. The second kappa shape index (κ2) is 6.48. The Morgan fingerprint density at radius 1 is 1.12 bits per heavy atom. The summed E-state index contributed by atoms with van der Waals surface area (Å²) in [4.78, 5) is 44.1. The van der Waals surface area contributed by atoms with Gasteiger partial charge in [-0.25, -0.2) is 0 Å². The van der Waals surface area contributed by atoms with Gasteiger partial charge in [0.2, 0.25) is 17.6 Å². The molecular weight excluding hydrogens is 324 g/mol. The maximum Gasteiger partial charge on any atom is 0.318 e. The SMILES string of the molecule is COc1c(C[C@@H]2NC(=O)[C@H](C)NC2=O)cc([N+](=O)[O-])cc1[N+](=O)[O-]. The van der Waals surface area contributed by atoms with Crippen LogP contribution in [0.4, 0.5) is 11.4 Å². The molecule has 1 saturated heterocycles. The highest BCUT2D eigenvalue weighted by molar-refractivity contribution is 5.96. The molecule has 2 atom stereocenters. The van der Waals surface area contributed by atoms with Crippen molar-refractivity contribution >= 4 is 23.2 Å². The fourth-order valence-electron chi connectivity index (χ4n) is 2.39. The van der Waals surface area contributed by atoms with Gasteiger partial charge in [0.25, 0.3) is 5.69 Å². The average Bonchev–Trinajstić information content (AvgIpc) is 2.51. The van der Waals surface area contributed by atoms with Crippen LogP contribution in [-0.2, 0) is 16.0 Å². The van der Waals surface area contributed by atoms with Gasteiger partial charge < -0.3 is 15.4 Å². The Morgan fingerprint density at radius 3 is 2.33 bits per heavy atom. The Morgan fingerprint density at radius 2 is 1.79 bits per heavy atom. The zero-order valence-corrected chi connectivity index (χ0v) is 12.8. The van der Waals surface area contributed by atoms with E-state index in [0.29, 0.717) is 0 Å². The van der Waals surface area contributed by atoms with Crippen LogP contribution >= 0.6 is 0 Å². The van der Waals surface area contributed by atoms with E-state index >= 15 is 0 Å².